The largest absolute Gasteiger partial charge is 0.292 e. The summed E-state index contributed by atoms with van der Waals surface area (Å²) in [6, 6.07) is 0. The number of anilines is 1. The van der Waals surface area contributed by atoms with Crippen molar-refractivity contribution in [3.63, 3.8) is 0 Å². The molecule has 0 atom stereocenters. The molecule has 0 bridgehead atoms. The third-order valence-corrected chi connectivity index (χ3v) is 3.41. The fourth-order valence-corrected chi connectivity index (χ4v) is 1.65. The molecule has 6 nitrogen and oxygen atoms in total. The van der Waals surface area contributed by atoms with Crippen molar-refractivity contribution in [1.29, 1.82) is 0 Å². The first-order chi connectivity index (χ1) is 8.04. The Morgan fingerprint density at radius 3 is 2.71 bits per heavy atom. The second kappa shape index (κ2) is 4.38. The Labute approximate surface area is 105 Å². The summed E-state index contributed by atoms with van der Waals surface area (Å²) in [6.07, 6.45) is 1.04. The number of nitrogens with zero attached hydrogens (tertiary/aromatic N) is 4. The molecule has 2 aromatic heterocycles. The molecule has 0 radical (unpaired) electrons. The molecule has 0 saturated heterocycles. The van der Waals surface area contributed by atoms with Gasteiger partial charge in [0.25, 0.3) is 0 Å². The quantitative estimate of drug-likeness (QED) is 0.648. The number of hydrazine groups is 1. The molecule has 0 aliphatic carbocycles. The van der Waals surface area contributed by atoms with Gasteiger partial charge in [0.05, 0.1) is 22.1 Å². The Bertz CT molecular complexity index is 567. The highest BCUT2D eigenvalue weighted by Gasteiger charge is 2.15. The molecule has 2 rings (SSSR count). The second-order valence-corrected chi connectivity index (χ2v) is 4.20. The number of aryl methyl sites for hydroxylation is 1. The summed E-state index contributed by atoms with van der Waals surface area (Å²) in [5.74, 6) is 4.80. The van der Waals surface area contributed by atoms with Gasteiger partial charge in [-0.05, 0) is 29.8 Å². The molecule has 0 spiro atoms. The molecule has 8 heteroatoms. The summed E-state index contributed by atoms with van der Waals surface area (Å²) >= 11 is 3.37. The van der Waals surface area contributed by atoms with Crippen molar-refractivity contribution in [2.24, 2.45) is 5.84 Å². The Hall–Kier alpha value is -1.54. The van der Waals surface area contributed by atoms with Gasteiger partial charge in [-0.15, -0.1) is 0 Å². The molecule has 17 heavy (non-hydrogen) atoms. The van der Waals surface area contributed by atoms with Crippen molar-refractivity contribution < 1.29 is 4.39 Å². The predicted molar refractivity (Wildman–Crippen MR) is 64.1 cm³/mol. The summed E-state index contributed by atoms with van der Waals surface area (Å²) in [5, 5.41) is 4.19. The first-order valence-corrected chi connectivity index (χ1v) is 5.55. The van der Waals surface area contributed by atoms with E-state index in [0.29, 0.717) is 0 Å². The van der Waals surface area contributed by atoms with Crippen molar-refractivity contribution in [3.05, 3.63) is 27.9 Å². The van der Waals surface area contributed by atoms with Crippen LogP contribution in [0.25, 0.3) is 5.82 Å². The van der Waals surface area contributed by atoms with Gasteiger partial charge in [0.1, 0.15) is 0 Å². The van der Waals surface area contributed by atoms with Crippen LogP contribution in [0.4, 0.5) is 10.3 Å². The van der Waals surface area contributed by atoms with E-state index >= 15 is 0 Å². The molecule has 2 heterocycles. The summed E-state index contributed by atoms with van der Waals surface area (Å²) in [7, 11) is 0. The highest BCUT2D eigenvalue weighted by molar-refractivity contribution is 9.10. The first kappa shape index (κ1) is 11.9. The van der Waals surface area contributed by atoms with Crippen LogP contribution in [0.3, 0.4) is 0 Å². The van der Waals surface area contributed by atoms with E-state index < -0.39 is 5.82 Å². The van der Waals surface area contributed by atoms with Crippen LogP contribution in [-0.2, 0) is 0 Å². The molecule has 0 fully saturated rings. The van der Waals surface area contributed by atoms with Crippen LogP contribution in [0.15, 0.2) is 10.7 Å². The molecule has 0 aliphatic rings. The van der Waals surface area contributed by atoms with Gasteiger partial charge in [-0.25, -0.2) is 19.9 Å². The van der Waals surface area contributed by atoms with Gasteiger partial charge in [-0.2, -0.15) is 10.1 Å². The molecule has 0 unspecified atom stereocenters. The fraction of sp³-hybridized carbons (Fsp3) is 0.222. The van der Waals surface area contributed by atoms with E-state index in [2.05, 4.69) is 36.4 Å². The number of aromatic nitrogens is 4. The molecular weight excluding hydrogens is 291 g/mol. The zero-order valence-corrected chi connectivity index (χ0v) is 10.8. The van der Waals surface area contributed by atoms with Crippen molar-refractivity contribution in [1.82, 2.24) is 19.7 Å². The van der Waals surface area contributed by atoms with Gasteiger partial charge in [0.2, 0.25) is 5.95 Å². The number of nitrogens with one attached hydrogen (secondary N) is 1. The van der Waals surface area contributed by atoms with Gasteiger partial charge in [-0.3, -0.25) is 5.43 Å². The van der Waals surface area contributed by atoms with Crippen LogP contribution in [0, 0.1) is 19.7 Å². The maximum atomic E-state index is 13.6. The van der Waals surface area contributed by atoms with E-state index in [1.165, 1.54) is 4.68 Å². The van der Waals surface area contributed by atoms with Gasteiger partial charge >= 0.3 is 0 Å². The van der Waals surface area contributed by atoms with Gasteiger partial charge in [0.15, 0.2) is 11.6 Å². The number of nitrogens with two attached hydrogens (primary N) is 1. The summed E-state index contributed by atoms with van der Waals surface area (Å²) in [5.41, 5.74) is 3.77. The number of hydrogen-bond donors (Lipinski definition) is 2. The highest BCUT2D eigenvalue weighted by atomic mass is 79.9. The van der Waals surface area contributed by atoms with Gasteiger partial charge in [0, 0.05) is 0 Å². The summed E-state index contributed by atoms with van der Waals surface area (Å²) in [6.45, 7) is 3.62. The topological polar surface area (TPSA) is 81.7 Å². The first-order valence-electron chi connectivity index (χ1n) is 4.76. The molecule has 3 N–H and O–H groups in total. The minimum atomic E-state index is -0.567. The smallest absolute Gasteiger partial charge is 0.239 e. The van der Waals surface area contributed by atoms with Crippen LogP contribution in [0.1, 0.15) is 11.4 Å². The van der Waals surface area contributed by atoms with Crippen molar-refractivity contribution >= 4 is 21.9 Å². The Morgan fingerprint density at radius 2 is 2.18 bits per heavy atom. The van der Waals surface area contributed by atoms with E-state index in [1.54, 1.807) is 6.92 Å². The SMILES string of the molecule is Cc1nn(-c2nc(NN)ncc2F)c(C)c1Br. The van der Waals surface area contributed by atoms with E-state index in [4.69, 9.17) is 5.84 Å². The van der Waals surface area contributed by atoms with Crippen LogP contribution in [0.5, 0.6) is 0 Å². The molecule has 0 saturated carbocycles. The van der Waals surface area contributed by atoms with Crippen LogP contribution < -0.4 is 11.3 Å². The average Bonchev–Trinajstić information content (AvgIpc) is 2.58. The second-order valence-electron chi connectivity index (χ2n) is 3.41. The van der Waals surface area contributed by atoms with Crippen LogP contribution in [0.2, 0.25) is 0 Å². The van der Waals surface area contributed by atoms with E-state index in [1.807, 2.05) is 6.92 Å². The Balaban J connectivity index is 2.63. The number of nitrogen functional groups attached to an aromatic ring is 1. The number of halogens is 2. The third-order valence-electron chi connectivity index (χ3n) is 2.26. The maximum Gasteiger partial charge on any atom is 0.239 e. The van der Waals surface area contributed by atoms with E-state index in [0.717, 1.165) is 22.1 Å². The molecule has 90 valence electrons. The third kappa shape index (κ3) is 2.01. The molecular formula is C9H10BrFN6. The lowest BCUT2D eigenvalue weighted by Gasteiger charge is -2.06. The highest BCUT2D eigenvalue weighted by Crippen LogP contribution is 2.23. The predicted octanol–water partition coefficient (Wildman–Crippen LogP) is 1.47. The van der Waals surface area contributed by atoms with Crippen LogP contribution >= 0.6 is 15.9 Å². The normalized spacial score (nSPS) is 10.6. The van der Waals surface area contributed by atoms with Gasteiger partial charge in [-0.1, -0.05) is 0 Å². The molecule has 2 aromatic rings. The van der Waals surface area contributed by atoms with Crippen LogP contribution in [-0.4, -0.2) is 19.7 Å². The summed E-state index contributed by atoms with van der Waals surface area (Å²) in [4.78, 5) is 7.60. The zero-order chi connectivity index (χ0) is 12.6. The number of rotatable bonds is 2. The van der Waals surface area contributed by atoms with Gasteiger partial charge < -0.3 is 0 Å². The fourth-order valence-electron chi connectivity index (χ4n) is 1.41. The average molecular weight is 301 g/mol. The van der Waals surface area contributed by atoms with E-state index in [9.17, 15) is 4.39 Å². The molecule has 0 aliphatic heterocycles. The van der Waals surface area contributed by atoms with Crippen molar-refractivity contribution in [3.8, 4) is 5.82 Å². The molecule has 0 aromatic carbocycles. The lowest BCUT2D eigenvalue weighted by atomic mass is 10.4. The maximum absolute atomic E-state index is 13.6. The Kier molecular flexibility index (Phi) is 3.07. The lowest BCUT2D eigenvalue weighted by Crippen LogP contribution is -2.14. The minimum Gasteiger partial charge on any atom is -0.292 e. The van der Waals surface area contributed by atoms with Crippen molar-refractivity contribution in [2.75, 3.05) is 5.43 Å². The molecule has 0 amide bonds. The van der Waals surface area contributed by atoms with E-state index in [-0.39, 0.29) is 11.8 Å². The number of hydrogen-bond acceptors (Lipinski definition) is 5. The van der Waals surface area contributed by atoms with Crippen molar-refractivity contribution in [2.45, 2.75) is 13.8 Å². The monoisotopic (exact) mass is 300 g/mol. The summed E-state index contributed by atoms with van der Waals surface area (Å²) < 4.78 is 15.9. The Morgan fingerprint density at radius 1 is 1.47 bits per heavy atom. The minimum absolute atomic E-state index is 0.0549. The zero-order valence-electron chi connectivity index (χ0n) is 9.20. The lowest BCUT2D eigenvalue weighted by molar-refractivity contribution is 0.590. The standard InChI is InChI=1S/C9H10BrFN6/c1-4-7(10)5(2)17(16-4)8-6(11)3-13-9(14-8)15-12/h3H,12H2,1-2H3,(H,13,14,15).